The van der Waals surface area contributed by atoms with E-state index in [-0.39, 0.29) is 0 Å². The molecule has 0 radical (unpaired) electrons. The Bertz CT molecular complexity index is 943. The lowest BCUT2D eigenvalue weighted by Crippen LogP contribution is -2.20. The van der Waals surface area contributed by atoms with Crippen molar-refractivity contribution in [2.24, 2.45) is 13.0 Å². The lowest BCUT2D eigenvalue weighted by atomic mass is 10.1. The summed E-state index contributed by atoms with van der Waals surface area (Å²) in [6.07, 6.45) is 2.73. The number of fused-ring (bicyclic) bond motifs is 1. The van der Waals surface area contributed by atoms with Crippen LogP contribution in [0.4, 0.5) is 17.3 Å². The van der Waals surface area contributed by atoms with Crippen molar-refractivity contribution in [3.05, 3.63) is 47.0 Å². The zero-order chi connectivity index (χ0) is 18.4. The van der Waals surface area contributed by atoms with Crippen LogP contribution in [0, 0.1) is 26.7 Å². The molecule has 4 heteroatoms. The van der Waals surface area contributed by atoms with Crippen molar-refractivity contribution < 1.29 is 0 Å². The molecule has 0 atom stereocenters. The minimum Gasteiger partial charge on any atom is -0.373 e. The van der Waals surface area contributed by atoms with Gasteiger partial charge in [-0.15, -0.1) is 0 Å². The number of nitrogens with one attached hydrogen (secondary N) is 1. The van der Waals surface area contributed by atoms with E-state index in [4.69, 9.17) is 4.98 Å². The van der Waals surface area contributed by atoms with Gasteiger partial charge in [0.1, 0.15) is 0 Å². The van der Waals surface area contributed by atoms with Crippen molar-refractivity contribution in [1.29, 1.82) is 0 Å². The lowest BCUT2D eigenvalue weighted by molar-refractivity contribution is 0.787. The van der Waals surface area contributed by atoms with Gasteiger partial charge in [0, 0.05) is 26.3 Å². The molecule has 0 spiro atoms. The predicted octanol–water partition coefficient (Wildman–Crippen LogP) is 5.09. The standard InChI is InChI=1S/C22H28N4/c1-14-11-15(2)20(16(3)12-14)24-22-23-18-7-6-8-19(21(18)26(22)5)25(4)13-17-9-10-17/h6-8,11-12,17H,9-10,13H2,1-5H3,(H,23,24). The molecule has 1 fully saturated rings. The van der Waals surface area contributed by atoms with Crippen LogP contribution >= 0.6 is 0 Å². The Balaban J connectivity index is 1.74. The molecule has 4 rings (SSSR count). The van der Waals surface area contributed by atoms with Crippen LogP contribution in [-0.4, -0.2) is 23.1 Å². The van der Waals surface area contributed by atoms with Crippen molar-refractivity contribution in [2.75, 3.05) is 23.8 Å². The van der Waals surface area contributed by atoms with Crippen LogP contribution < -0.4 is 10.2 Å². The van der Waals surface area contributed by atoms with Crippen molar-refractivity contribution in [3.8, 4) is 0 Å². The number of hydrogen-bond acceptors (Lipinski definition) is 3. The highest BCUT2D eigenvalue weighted by molar-refractivity contribution is 5.91. The van der Waals surface area contributed by atoms with Crippen molar-refractivity contribution in [2.45, 2.75) is 33.6 Å². The molecule has 1 heterocycles. The summed E-state index contributed by atoms with van der Waals surface area (Å²) in [5.74, 6) is 1.75. The van der Waals surface area contributed by atoms with E-state index in [2.05, 4.69) is 80.0 Å². The Morgan fingerprint density at radius 2 is 1.85 bits per heavy atom. The minimum absolute atomic E-state index is 0.860. The van der Waals surface area contributed by atoms with Gasteiger partial charge in [-0.2, -0.15) is 0 Å². The second kappa shape index (κ2) is 6.35. The Morgan fingerprint density at radius 3 is 2.50 bits per heavy atom. The molecule has 3 aromatic rings. The maximum atomic E-state index is 4.88. The first kappa shape index (κ1) is 17.0. The summed E-state index contributed by atoms with van der Waals surface area (Å²) < 4.78 is 2.19. The summed E-state index contributed by atoms with van der Waals surface area (Å²) in [6, 6.07) is 10.8. The SMILES string of the molecule is Cc1cc(C)c(Nc2nc3cccc(N(C)CC4CC4)c3n2C)c(C)c1. The van der Waals surface area contributed by atoms with Crippen LogP contribution in [0.3, 0.4) is 0 Å². The van der Waals surface area contributed by atoms with Crippen LogP contribution in [0.25, 0.3) is 11.0 Å². The number of aryl methyl sites for hydroxylation is 4. The van der Waals surface area contributed by atoms with E-state index in [1.807, 2.05) is 0 Å². The summed E-state index contributed by atoms with van der Waals surface area (Å²) >= 11 is 0. The van der Waals surface area contributed by atoms with E-state index in [0.717, 1.165) is 29.6 Å². The predicted molar refractivity (Wildman–Crippen MR) is 111 cm³/mol. The average molecular weight is 348 g/mol. The fraction of sp³-hybridized carbons (Fsp3) is 0.409. The van der Waals surface area contributed by atoms with E-state index in [0.29, 0.717) is 0 Å². The molecule has 0 saturated heterocycles. The summed E-state index contributed by atoms with van der Waals surface area (Å²) in [5.41, 5.74) is 8.44. The molecule has 0 amide bonds. The number of benzene rings is 2. The van der Waals surface area contributed by atoms with Crippen LogP contribution in [0.15, 0.2) is 30.3 Å². The van der Waals surface area contributed by atoms with Crippen LogP contribution in [0.1, 0.15) is 29.5 Å². The molecule has 1 aliphatic carbocycles. The molecule has 136 valence electrons. The maximum absolute atomic E-state index is 4.88. The summed E-state index contributed by atoms with van der Waals surface area (Å²) in [7, 11) is 4.30. The van der Waals surface area contributed by atoms with Gasteiger partial charge in [-0.3, -0.25) is 0 Å². The third-order valence-corrected chi connectivity index (χ3v) is 5.43. The number of hydrogen-bond donors (Lipinski definition) is 1. The number of para-hydroxylation sites is 1. The van der Waals surface area contributed by atoms with Gasteiger partial charge in [-0.1, -0.05) is 23.8 Å². The molecule has 0 unspecified atom stereocenters. The average Bonchev–Trinajstić information content (AvgIpc) is 3.34. The first-order chi connectivity index (χ1) is 12.4. The molecule has 26 heavy (non-hydrogen) atoms. The summed E-state index contributed by atoms with van der Waals surface area (Å²) in [5, 5.41) is 3.58. The lowest BCUT2D eigenvalue weighted by Gasteiger charge is -2.20. The van der Waals surface area contributed by atoms with Gasteiger partial charge in [0.2, 0.25) is 5.95 Å². The fourth-order valence-corrected chi connectivity index (χ4v) is 3.94. The zero-order valence-electron chi connectivity index (χ0n) is 16.4. The molecule has 2 aromatic carbocycles. The summed E-state index contributed by atoms with van der Waals surface area (Å²) in [6.45, 7) is 7.57. The Kier molecular flexibility index (Phi) is 4.14. The minimum atomic E-state index is 0.860. The first-order valence-corrected chi connectivity index (χ1v) is 9.45. The largest absolute Gasteiger partial charge is 0.373 e. The molecule has 0 aliphatic heterocycles. The molecule has 0 bridgehead atoms. The van der Waals surface area contributed by atoms with E-state index >= 15 is 0 Å². The fourth-order valence-electron chi connectivity index (χ4n) is 3.94. The van der Waals surface area contributed by atoms with Gasteiger partial charge in [0.15, 0.2) is 0 Å². The van der Waals surface area contributed by atoms with Gasteiger partial charge < -0.3 is 14.8 Å². The topological polar surface area (TPSA) is 33.1 Å². The second-order valence-corrected chi connectivity index (χ2v) is 7.86. The normalized spacial score (nSPS) is 14.0. The van der Waals surface area contributed by atoms with Gasteiger partial charge in [0.05, 0.1) is 16.7 Å². The summed E-state index contributed by atoms with van der Waals surface area (Å²) in [4.78, 5) is 7.26. The molecular weight excluding hydrogens is 320 g/mol. The third kappa shape index (κ3) is 3.05. The maximum Gasteiger partial charge on any atom is 0.208 e. The van der Waals surface area contributed by atoms with Gasteiger partial charge in [-0.25, -0.2) is 4.98 Å². The van der Waals surface area contributed by atoms with Crippen LogP contribution in [0.2, 0.25) is 0 Å². The Morgan fingerprint density at radius 1 is 1.15 bits per heavy atom. The van der Waals surface area contributed by atoms with E-state index in [1.54, 1.807) is 0 Å². The number of nitrogens with zero attached hydrogens (tertiary/aromatic N) is 3. The molecule has 1 saturated carbocycles. The van der Waals surface area contributed by atoms with E-state index < -0.39 is 0 Å². The number of anilines is 3. The second-order valence-electron chi connectivity index (χ2n) is 7.86. The zero-order valence-corrected chi connectivity index (χ0v) is 16.4. The highest BCUT2D eigenvalue weighted by Gasteiger charge is 2.24. The smallest absolute Gasteiger partial charge is 0.208 e. The van der Waals surface area contributed by atoms with Gasteiger partial charge in [0.25, 0.3) is 0 Å². The molecule has 1 aromatic heterocycles. The quantitative estimate of drug-likeness (QED) is 0.697. The van der Waals surface area contributed by atoms with Crippen molar-refractivity contribution in [1.82, 2.24) is 9.55 Å². The van der Waals surface area contributed by atoms with Gasteiger partial charge >= 0.3 is 0 Å². The number of aromatic nitrogens is 2. The number of rotatable bonds is 5. The molecule has 1 aliphatic rings. The van der Waals surface area contributed by atoms with Crippen molar-refractivity contribution >= 4 is 28.4 Å². The molecule has 4 nitrogen and oxygen atoms in total. The monoisotopic (exact) mass is 348 g/mol. The van der Waals surface area contributed by atoms with E-state index in [9.17, 15) is 0 Å². The molecule has 1 N–H and O–H groups in total. The van der Waals surface area contributed by atoms with Crippen molar-refractivity contribution in [3.63, 3.8) is 0 Å². The third-order valence-electron chi connectivity index (χ3n) is 5.43. The Hall–Kier alpha value is -2.49. The highest BCUT2D eigenvalue weighted by atomic mass is 15.2. The Labute approximate surface area is 155 Å². The van der Waals surface area contributed by atoms with Gasteiger partial charge in [-0.05, 0) is 62.8 Å². The molecular formula is C22H28N4. The van der Waals surface area contributed by atoms with Crippen LogP contribution in [0.5, 0.6) is 0 Å². The van der Waals surface area contributed by atoms with E-state index in [1.165, 1.54) is 40.7 Å². The first-order valence-electron chi connectivity index (χ1n) is 9.45. The van der Waals surface area contributed by atoms with Crippen LogP contribution in [-0.2, 0) is 7.05 Å². The highest BCUT2D eigenvalue weighted by Crippen LogP contribution is 2.35. The number of imidazole rings is 1.